The summed E-state index contributed by atoms with van der Waals surface area (Å²) in [7, 11) is 0. The molecular formula is C20H20N2O3. The number of carbonyl (C=O) groups is 1. The van der Waals surface area contributed by atoms with Crippen molar-refractivity contribution in [2.24, 2.45) is 0 Å². The van der Waals surface area contributed by atoms with Crippen LogP contribution in [0, 0.1) is 0 Å². The first-order valence-corrected chi connectivity index (χ1v) is 8.03. The number of hydrogen-bond donors (Lipinski definition) is 1. The molecule has 0 saturated heterocycles. The molecule has 5 nitrogen and oxygen atoms in total. The number of carbonyl (C=O) groups excluding carboxylic acids is 1. The van der Waals surface area contributed by atoms with Crippen LogP contribution < -0.4 is 5.32 Å². The molecule has 0 aliphatic heterocycles. The summed E-state index contributed by atoms with van der Waals surface area (Å²) >= 11 is 0. The summed E-state index contributed by atoms with van der Waals surface area (Å²) in [6, 6.07) is 19.1. The van der Waals surface area contributed by atoms with Crippen LogP contribution in [0.2, 0.25) is 0 Å². The number of ether oxygens (including phenoxy) is 1. The number of aromatic nitrogens is 1. The van der Waals surface area contributed by atoms with Crippen LogP contribution in [0.3, 0.4) is 0 Å². The molecule has 1 N–H and O–H groups in total. The third-order valence-corrected chi connectivity index (χ3v) is 3.39. The summed E-state index contributed by atoms with van der Waals surface area (Å²) in [5, 5.41) is 6.81. The molecule has 3 rings (SSSR count). The molecule has 0 fully saturated rings. The van der Waals surface area contributed by atoms with Crippen molar-refractivity contribution < 1.29 is 14.1 Å². The average molecular weight is 336 g/mol. The maximum atomic E-state index is 11.8. The summed E-state index contributed by atoms with van der Waals surface area (Å²) in [6.07, 6.45) is -0.480. The quantitative estimate of drug-likeness (QED) is 0.699. The maximum Gasteiger partial charge on any atom is 0.412 e. The first-order chi connectivity index (χ1) is 11.9. The topological polar surface area (TPSA) is 64.4 Å². The lowest BCUT2D eigenvalue weighted by atomic mass is 10.1. The van der Waals surface area contributed by atoms with Crippen molar-refractivity contribution in [1.29, 1.82) is 0 Å². The van der Waals surface area contributed by atoms with Gasteiger partial charge in [-0.3, -0.25) is 5.32 Å². The highest BCUT2D eigenvalue weighted by molar-refractivity contribution is 5.85. The molecule has 0 radical (unpaired) electrons. The van der Waals surface area contributed by atoms with E-state index in [1.54, 1.807) is 12.1 Å². The van der Waals surface area contributed by atoms with E-state index in [0.29, 0.717) is 11.4 Å². The summed E-state index contributed by atoms with van der Waals surface area (Å²) < 4.78 is 10.7. The Hall–Kier alpha value is -3.08. The molecule has 1 aromatic heterocycles. The van der Waals surface area contributed by atoms with Gasteiger partial charge in [-0.15, -0.1) is 0 Å². The van der Waals surface area contributed by atoms with E-state index in [0.717, 1.165) is 16.8 Å². The summed E-state index contributed by atoms with van der Waals surface area (Å²) in [6.45, 7) is 5.47. The monoisotopic (exact) mass is 336 g/mol. The Morgan fingerprint density at radius 3 is 2.32 bits per heavy atom. The third kappa shape index (κ3) is 4.47. The number of amides is 1. The van der Waals surface area contributed by atoms with E-state index in [2.05, 4.69) is 10.5 Å². The van der Waals surface area contributed by atoms with E-state index in [1.165, 1.54) is 0 Å². The molecule has 1 heterocycles. The van der Waals surface area contributed by atoms with Gasteiger partial charge in [-0.05, 0) is 45.0 Å². The van der Waals surface area contributed by atoms with E-state index < -0.39 is 11.7 Å². The molecule has 2 aromatic carbocycles. The molecule has 25 heavy (non-hydrogen) atoms. The molecule has 0 saturated carbocycles. The van der Waals surface area contributed by atoms with Crippen LogP contribution in [0.5, 0.6) is 0 Å². The molecule has 0 unspecified atom stereocenters. The van der Waals surface area contributed by atoms with E-state index in [4.69, 9.17) is 9.26 Å². The molecular weight excluding hydrogens is 316 g/mol. The van der Waals surface area contributed by atoms with Crippen molar-refractivity contribution in [2.45, 2.75) is 26.4 Å². The fraction of sp³-hybridized carbons (Fsp3) is 0.200. The molecule has 0 aliphatic rings. The zero-order chi connectivity index (χ0) is 17.9. The Bertz CT molecular complexity index is 847. The molecule has 0 spiro atoms. The van der Waals surface area contributed by atoms with Crippen molar-refractivity contribution in [3.05, 3.63) is 60.7 Å². The van der Waals surface area contributed by atoms with E-state index >= 15 is 0 Å². The van der Waals surface area contributed by atoms with Crippen LogP contribution >= 0.6 is 0 Å². The second kappa shape index (κ2) is 6.81. The SMILES string of the molecule is CC(C)(C)OC(=O)Nc1ccc(-c2cc(-c3ccccc3)no2)cc1. The van der Waals surface area contributed by atoms with Crippen LogP contribution in [-0.4, -0.2) is 16.9 Å². The van der Waals surface area contributed by atoms with Gasteiger partial charge in [-0.1, -0.05) is 35.5 Å². The van der Waals surface area contributed by atoms with Gasteiger partial charge in [-0.25, -0.2) is 4.79 Å². The first-order valence-electron chi connectivity index (χ1n) is 8.03. The normalized spacial score (nSPS) is 11.2. The first kappa shape index (κ1) is 16.8. The second-order valence-electron chi connectivity index (χ2n) is 6.65. The van der Waals surface area contributed by atoms with E-state index in [-0.39, 0.29) is 0 Å². The van der Waals surface area contributed by atoms with Crippen LogP contribution in [-0.2, 0) is 4.74 Å². The Morgan fingerprint density at radius 1 is 1.00 bits per heavy atom. The van der Waals surface area contributed by atoms with Gasteiger partial charge in [0.15, 0.2) is 5.76 Å². The van der Waals surface area contributed by atoms with Crippen molar-refractivity contribution in [3.63, 3.8) is 0 Å². The molecule has 1 amide bonds. The Morgan fingerprint density at radius 2 is 1.68 bits per heavy atom. The molecule has 5 heteroatoms. The van der Waals surface area contributed by atoms with E-state index in [9.17, 15) is 4.79 Å². The lowest BCUT2D eigenvalue weighted by Crippen LogP contribution is -2.27. The summed E-state index contributed by atoms with van der Waals surface area (Å²) in [4.78, 5) is 11.8. The molecule has 0 atom stereocenters. The highest BCUT2D eigenvalue weighted by Crippen LogP contribution is 2.26. The van der Waals surface area contributed by atoms with Gasteiger partial charge in [-0.2, -0.15) is 0 Å². The number of benzene rings is 2. The van der Waals surface area contributed by atoms with Crippen molar-refractivity contribution in [2.75, 3.05) is 5.32 Å². The minimum absolute atomic E-state index is 0.480. The second-order valence-corrected chi connectivity index (χ2v) is 6.65. The zero-order valence-corrected chi connectivity index (χ0v) is 14.4. The number of nitrogens with zero attached hydrogens (tertiary/aromatic N) is 1. The van der Waals surface area contributed by atoms with Crippen LogP contribution in [0.15, 0.2) is 65.2 Å². The standard InChI is InChI=1S/C20H20N2O3/c1-20(2,3)24-19(23)21-16-11-9-15(10-12-16)18-13-17(22-25-18)14-7-5-4-6-8-14/h4-13H,1-3H3,(H,21,23). The van der Waals surface area contributed by atoms with Gasteiger partial charge in [0.1, 0.15) is 11.3 Å². The number of rotatable bonds is 3. The molecule has 0 aliphatic carbocycles. The smallest absolute Gasteiger partial charge is 0.412 e. The molecule has 3 aromatic rings. The molecule has 128 valence electrons. The van der Waals surface area contributed by atoms with Crippen LogP contribution in [0.1, 0.15) is 20.8 Å². The van der Waals surface area contributed by atoms with Gasteiger partial charge in [0, 0.05) is 22.9 Å². The predicted molar refractivity (Wildman–Crippen MR) is 97.2 cm³/mol. The number of anilines is 1. The van der Waals surface area contributed by atoms with Crippen molar-refractivity contribution in [1.82, 2.24) is 5.16 Å². The number of hydrogen-bond acceptors (Lipinski definition) is 4. The minimum atomic E-state index is -0.530. The number of nitrogens with one attached hydrogen (secondary N) is 1. The van der Waals surface area contributed by atoms with E-state index in [1.807, 2.05) is 69.3 Å². The third-order valence-electron chi connectivity index (χ3n) is 3.39. The lowest BCUT2D eigenvalue weighted by Gasteiger charge is -2.19. The fourth-order valence-corrected chi connectivity index (χ4v) is 2.30. The largest absolute Gasteiger partial charge is 0.444 e. The van der Waals surface area contributed by atoms with Crippen molar-refractivity contribution >= 4 is 11.8 Å². The summed E-state index contributed by atoms with van der Waals surface area (Å²) in [5.74, 6) is 0.669. The average Bonchev–Trinajstić information content (AvgIpc) is 3.04. The Balaban J connectivity index is 1.71. The highest BCUT2D eigenvalue weighted by Gasteiger charge is 2.16. The van der Waals surface area contributed by atoms with Crippen molar-refractivity contribution in [3.8, 4) is 22.6 Å². The minimum Gasteiger partial charge on any atom is -0.444 e. The van der Waals surface area contributed by atoms with Gasteiger partial charge < -0.3 is 9.26 Å². The van der Waals surface area contributed by atoms with Crippen LogP contribution in [0.25, 0.3) is 22.6 Å². The highest BCUT2D eigenvalue weighted by atomic mass is 16.6. The Kier molecular flexibility index (Phi) is 4.57. The molecule has 0 bridgehead atoms. The Labute approximate surface area is 146 Å². The van der Waals surface area contributed by atoms with Gasteiger partial charge in [0.25, 0.3) is 0 Å². The summed E-state index contributed by atoms with van der Waals surface area (Å²) in [5.41, 5.74) is 2.79. The lowest BCUT2D eigenvalue weighted by molar-refractivity contribution is 0.0636. The zero-order valence-electron chi connectivity index (χ0n) is 14.4. The van der Waals surface area contributed by atoms with Gasteiger partial charge in [0.05, 0.1) is 0 Å². The fourth-order valence-electron chi connectivity index (χ4n) is 2.30. The van der Waals surface area contributed by atoms with Crippen LogP contribution in [0.4, 0.5) is 10.5 Å². The van der Waals surface area contributed by atoms with Gasteiger partial charge >= 0.3 is 6.09 Å². The maximum absolute atomic E-state index is 11.8. The predicted octanol–water partition coefficient (Wildman–Crippen LogP) is 5.36. The van der Waals surface area contributed by atoms with Gasteiger partial charge in [0.2, 0.25) is 0 Å².